The molecule has 0 nitrogen and oxygen atoms in total. The largest absolute Gasteiger partial charge is 0.123 e. The predicted molar refractivity (Wildman–Crippen MR) is 71.1 cm³/mol. The van der Waals surface area contributed by atoms with Crippen LogP contribution in [0.5, 0.6) is 0 Å². The van der Waals surface area contributed by atoms with Crippen LogP contribution in [0.2, 0.25) is 0 Å². The third kappa shape index (κ3) is 5.85. The number of alkyl halides is 3. The van der Waals surface area contributed by atoms with Gasteiger partial charge in [0.05, 0.1) is 5.88 Å². The van der Waals surface area contributed by atoms with Crippen LogP contribution in [0.4, 0.5) is 0 Å². The maximum Gasteiger partial charge on any atom is 0.0581 e. The first-order chi connectivity index (χ1) is 6.52. The van der Waals surface area contributed by atoms with Crippen LogP contribution in [-0.2, 0) is 0 Å². The van der Waals surface area contributed by atoms with E-state index in [-0.39, 0.29) is 5.38 Å². The van der Waals surface area contributed by atoms with Crippen LogP contribution >= 0.6 is 50.7 Å². The summed E-state index contributed by atoms with van der Waals surface area (Å²) >= 11 is 21.2. The number of halogens is 4. The smallest absolute Gasteiger partial charge is 0.0581 e. The van der Waals surface area contributed by atoms with Crippen molar-refractivity contribution in [3.63, 3.8) is 0 Å². The molecule has 0 fully saturated rings. The fourth-order valence-corrected chi connectivity index (χ4v) is 2.25. The first-order valence-corrected chi connectivity index (χ1v) is 7.12. The zero-order valence-corrected chi connectivity index (χ0v) is 12.3. The normalized spacial score (nSPS) is 15.6. The van der Waals surface area contributed by atoms with E-state index in [1.807, 2.05) is 0 Å². The van der Waals surface area contributed by atoms with Crippen LogP contribution in [0.25, 0.3) is 0 Å². The molecular weight excluding hydrogens is 306 g/mol. The van der Waals surface area contributed by atoms with Gasteiger partial charge in [-0.2, -0.15) is 0 Å². The molecule has 14 heavy (non-hydrogen) atoms. The molecule has 0 saturated heterocycles. The molecule has 0 spiro atoms. The molecule has 0 bridgehead atoms. The summed E-state index contributed by atoms with van der Waals surface area (Å²) < 4.78 is 0. The van der Waals surface area contributed by atoms with E-state index in [4.69, 9.17) is 34.8 Å². The van der Waals surface area contributed by atoms with Gasteiger partial charge in [-0.05, 0) is 24.3 Å². The summed E-state index contributed by atoms with van der Waals surface area (Å²) in [6.45, 7) is 4.25. The lowest BCUT2D eigenvalue weighted by Crippen LogP contribution is -2.08. The molecular formula is C10H16BrCl3. The lowest BCUT2D eigenvalue weighted by Gasteiger charge is -2.14. The van der Waals surface area contributed by atoms with Gasteiger partial charge in [0.15, 0.2) is 0 Å². The number of rotatable bonds is 6. The molecule has 0 aliphatic heterocycles. The predicted octanol–water partition coefficient (Wildman–Crippen LogP) is 5.16. The summed E-state index contributed by atoms with van der Waals surface area (Å²) in [5.41, 5.74) is 1.16. The molecule has 84 valence electrons. The van der Waals surface area contributed by atoms with E-state index < -0.39 is 0 Å². The van der Waals surface area contributed by atoms with Crippen LogP contribution < -0.4 is 0 Å². The summed E-state index contributed by atoms with van der Waals surface area (Å²) in [4.78, 5) is 0. The first kappa shape index (κ1) is 15.1. The second kappa shape index (κ2) is 8.27. The Hall–Kier alpha value is 1.09. The zero-order valence-electron chi connectivity index (χ0n) is 8.49. The molecule has 0 amide bonds. The third-order valence-electron chi connectivity index (χ3n) is 2.11. The Bertz CT molecular complexity index is 190. The van der Waals surface area contributed by atoms with Crippen molar-refractivity contribution in [3.8, 4) is 0 Å². The molecule has 0 heterocycles. The van der Waals surface area contributed by atoms with Gasteiger partial charge in [-0.15, -0.1) is 23.2 Å². The van der Waals surface area contributed by atoms with Gasteiger partial charge >= 0.3 is 0 Å². The molecule has 0 aliphatic rings. The van der Waals surface area contributed by atoms with Gasteiger partial charge in [0.25, 0.3) is 0 Å². The van der Waals surface area contributed by atoms with E-state index >= 15 is 0 Å². The van der Waals surface area contributed by atoms with Crippen LogP contribution in [-0.4, -0.2) is 16.6 Å². The topological polar surface area (TPSA) is 0 Å². The van der Waals surface area contributed by atoms with Crippen LogP contribution in [0, 0.1) is 5.92 Å². The number of hydrogen-bond acceptors (Lipinski definition) is 0. The quantitative estimate of drug-likeness (QED) is 0.593. The first-order valence-electron chi connectivity index (χ1n) is 4.65. The van der Waals surface area contributed by atoms with E-state index in [0.29, 0.717) is 11.8 Å². The highest BCUT2D eigenvalue weighted by Crippen LogP contribution is 2.23. The maximum atomic E-state index is 6.15. The Morgan fingerprint density at radius 3 is 2.29 bits per heavy atom. The second-order valence-electron chi connectivity index (χ2n) is 3.57. The van der Waals surface area contributed by atoms with E-state index in [1.54, 1.807) is 0 Å². The van der Waals surface area contributed by atoms with Crippen LogP contribution in [0.15, 0.2) is 10.6 Å². The molecule has 4 heteroatoms. The molecule has 0 radical (unpaired) electrons. The molecule has 0 saturated carbocycles. The van der Waals surface area contributed by atoms with Gasteiger partial charge in [-0.25, -0.2) is 0 Å². The van der Waals surface area contributed by atoms with Crippen molar-refractivity contribution in [2.75, 3.05) is 11.2 Å². The SMILES string of the molecule is CC(C)C(Cl)CC/C(CBr)=C(\Cl)CCl. The van der Waals surface area contributed by atoms with Gasteiger partial charge in [-0.1, -0.05) is 41.4 Å². The van der Waals surface area contributed by atoms with Gasteiger partial charge in [0.1, 0.15) is 0 Å². The highest BCUT2D eigenvalue weighted by atomic mass is 79.9. The van der Waals surface area contributed by atoms with Crippen molar-refractivity contribution < 1.29 is 0 Å². The van der Waals surface area contributed by atoms with Crippen LogP contribution in [0.1, 0.15) is 26.7 Å². The van der Waals surface area contributed by atoms with Crippen molar-refractivity contribution in [1.29, 1.82) is 0 Å². The van der Waals surface area contributed by atoms with E-state index in [1.165, 1.54) is 0 Å². The minimum atomic E-state index is 0.212. The number of allylic oxidation sites excluding steroid dienone is 2. The lowest BCUT2D eigenvalue weighted by molar-refractivity contribution is 0.564. The van der Waals surface area contributed by atoms with E-state index in [2.05, 4.69) is 29.8 Å². The van der Waals surface area contributed by atoms with Crippen molar-refractivity contribution in [2.45, 2.75) is 32.1 Å². The maximum absolute atomic E-state index is 6.15. The monoisotopic (exact) mass is 320 g/mol. The second-order valence-corrected chi connectivity index (χ2v) is 5.42. The third-order valence-corrected chi connectivity index (χ3v) is 4.31. The van der Waals surface area contributed by atoms with E-state index in [9.17, 15) is 0 Å². The van der Waals surface area contributed by atoms with Gasteiger partial charge in [-0.3, -0.25) is 0 Å². The summed E-state index contributed by atoms with van der Waals surface area (Å²) in [5, 5.41) is 1.74. The molecule has 0 aromatic heterocycles. The van der Waals surface area contributed by atoms with Crippen molar-refractivity contribution in [2.24, 2.45) is 5.92 Å². The molecule has 1 unspecified atom stereocenters. The van der Waals surface area contributed by atoms with Crippen molar-refractivity contribution in [1.82, 2.24) is 0 Å². The molecule has 1 atom stereocenters. The standard InChI is InChI=1S/C10H16BrCl3/c1-7(2)9(13)4-3-8(5-11)10(14)6-12/h7,9H,3-6H2,1-2H3/b10-8+. The molecule has 0 rings (SSSR count). The zero-order chi connectivity index (χ0) is 11.1. The lowest BCUT2D eigenvalue weighted by atomic mass is 10.0. The Labute approximate surface area is 110 Å². The van der Waals surface area contributed by atoms with Crippen LogP contribution in [0.3, 0.4) is 0 Å². The Morgan fingerprint density at radius 2 is 1.93 bits per heavy atom. The molecule has 0 N–H and O–H groups in total. The summed E-state index contributed by atoms with van der Waals surface area (Å²) in [5.74, 6) is 0.889. The average molecular weight is 323 g/mol. The Kier molecular flexibility index (Phi) is 8.91. The van der Waals surface area contributed by atoms with Crippen molar-refractivity contribution in [3.05, 3.63) is 10.6 Å². The average Bonchev–Trinajstić information content (AvgIpc) is 2.17. The minimum Gasteiger partial charge on any atom is -0.123 e. The Morgan fingerprint density at radius 1 is 1.36 bits per heavy atom. The fourth-order valence-electron chi connectivity index (χ4n) is 1.01. The summed E-state index contributed by atoms with van der Waals surface area (Å²) in [6, 6.07) is 0. The van der Waals surface area contributed by atoms with Crippen molar-refractivity contribution >= 4 is 50.7 Å². The van der Waals surface area contributed by atoms with E-state index in [0.717, 1.165) is 28.8 Å². The Balaban J connectivity index is 4.09. The number of hydrogen-bond donors (Lipinski definition) is 0. The summed E-state index contributed by atoms with van der Waals surface area (Å²) in [7, 11) is 0. The molecule has 0 aromatic rings. The van der Waals surface area contributed by atoms with Gasteiger partial charge < -0.3 is 0 Å². The highest BCUT2D eigenvalue weighted by Gasteiger charge is 2.11. The van der Waals surface area contributed by atoms with Gasteiger partial charge in [0, 0.05) is 15.7 Å². The summed E-state index contributed by atoms with van der Waals surface area (Å²) in [6.07, 6.45) is 1.87. The highest BCUT2D eigenvalue weighted by molar-refractivity contribution is 9.09. The van der Waals surface area contributed by atoms with Gasteiger partial charge in [0.2, 0.25) is 0 Å². The molecule has 0 aromatic carbocycles. The minimum absolute atomic E-state index is 0.212. The molecule has 0 aliphatic carbocycles. The fraction of sp³-hybridized carbons (Fsp3) is 0.800.